The van der Waals surface area contributed by atoms with E-state index in [1.807, 2.05) is 0 Å². The van der Waals surface area contributed by atoms with Crippen molar-refractivity contribution in [3.63, 3.8) is 0 Å². The Hall–Kier alpha value is -0.570. The average Bonchev–Trinajstić information content (AvgIpc) is 2.99. The van der Waals surface area contributed by atoms with Crippen molar-refractivity contribution >= 4 is 5.91 Å². The van der Waals surface area contributed by atoms with Crippen LogP contribution < -0.4 is 5.73 Å². The lowest BCUT2D eigenvalue weighted by atomic mass is 9.44. The van der Waals surface area contributed by atoms with Crippen LogP contribution in [0.25, 0.3) is 0 Å². The Morgan fingerprint density at radius 3 is 2.63 bits per heavy atom. The fourth-order valence-corrected chi connectivity index (χ4v) is 8.79. The fourth-order valence-electron chi connectivity index (χ4n) is 8.79. The molecule has 0 aromatic rings. The summed E-state index contributed by atoms with van der Waals surface area (Å²) in [6.45, 7) is 7.26. The van der Waals surface area contributed by atoms with Gasteiger partial charge in [0.15, 0.2) is 0 Å². The Morgan fingerprint density at radius 2 is 1.89 bits per heavy atom. The summed E-state index contributed by atoms with van der Waals surface area (Å²) in [5, 5.41) is 11.5. The minimum Gasteiger partial charge on any atom is -0.393 e. The number of carbonyl (C=O) groups is 1. The summed E-state index contributed by atoms with van der Waals surface area (Å²) in [4.78, 5) is 11.3. The number of nitrogens with two attached hydrogens (primary N) is 1. The largest absolute Gasteiger partial charge is 0.393 e. The van der Waals surface area contributed by atoms with Gasteiger partial charge < -0.3 is 10.8 Å². The smallest absolute Gasteiger partial charge is 0.217 e. The lowest BCUT2D eigenvalue weighted by Gasteiger charge is -2.62. The van der Waals surface area contributed by atoms with Crippen LogP contribution in [0.15, 0.2) is 0 Å². The normalized spacial score (nSPS) is 50.4. The molecule has 9 atom stereocenters. The van der Waals surface area contributed by atoms with Gasteiger partial charge in [-0.05, 0) is 97.7 Å². The van der Waals surface area contributed by atoms with Crippen molar-refractivity contribution in [2.24, 2.45) is 52.1 Å². The minimum absolute atomic E-state index is 0.0378. The standard InChI is InChI=1S/C24H41NO2/c1-15(7-12-22(25)27)18-10-11-19-17-9-8-16-6-4-5-13-23(16,2)20(17)14-21(26)24(18,19)3/h15-21,26H,4-14H2,1-3H3,(H2,25,27)/t15-,16+,17+,18+,19+,20+,21?,23+,24-/m1/s1. The molecule has 3 heteroatoms. The van der Waals surface area contributed by atoms with E-state index in [2.05, 4.69) is 20.8 Å². The summed E-state index contributed by atoms with van der Waals surface area (Å²) in [5.74, 6) is 3.93. The molecule has 0 spiro atoms. The Kier molecular flexibility index (Phi) is 5.15. The Balaban J connectivity index is 1.57. The van der Waals surface area contributed by atoms with Gasteiger partial charge in [0.2, 0.25) is 5.91 Å². The number of hydrogen-bond acceptors (Lipinski definition) is 2. The van der Waals surface area contributed by atoms with E-state index in [4.69, 9.17) is 5.73 Å². The van der Waals surface area contributed by atoms with E-state index in [0.717, 1.165) is 30.6 Å². The maximum atomic E-state index is 11.5. The Bertz CT molecular complexity index is 577. The summed E-state index contributed by atoms with van der Waals surface area (Å²) < 4.78 is 0. The number of amides is 1. The number of rotatable bonds is 4. The lowest BCUT2D eigenvalue weighted by Crippen LogP contribution is -2.58. The van der Waals surface area contributed by atoms with Gasteiger partial charge in [-0.2, -0.15) is 0 Å². The van der Waals surface area contributed by atoms with E-state index in [1.165, 1.54) is 51.4 Å². The maximum absolute atomic E-state index is 11.5. The van der Waals surface area contributed by atoms with Crippen molar-refractivity contribution in [2.45, 2.75) is 97.5 Å². The predicted octanol–water partition coefficient (Wildman–Crippen LogP) is 4.91. The highest BCUT2D eigenvalue weighted by Gasteiger charge is 2.63. The van der Waals surface area contributed by atoms with Crippen molar-refractivity contribution in [2.75, 3.05) is 0 Å². The Morgan fingerprint density at radius 1 is 1.11 bits per heavy atom. The quantitative estimate of drug-likeness (QED) is 0.733. The molecule has 3 N–H and O–H groups in total. The van der Waals surface area contributed by atoms with E-state index in [-0.39, 0.29) is 17.4 Å². The molecule has 4 saturated carbocycles. The number of primary amides is 1. The molecule has 0 radical (unpaired) electrons. The number of aliphatic hydroxyl groups is 1. The second kappa shape index (κ2) is 7.04. The molecule has 0 aliphatic heterocycles. The molecule has 0 aromatic carbocycles. The third-order valence-corrected chi connectivity index (χ3v) is 10.3. The third-order valence-electron chi connectivity index (χ3n) is 10.3. The van der Waals surface area contributed by atoms with Crippen LogP contribution in [0.1, 0.15) is 91.4 Å². The molecular formula is C24H41NO2. The summed E-state index contributed by atoms with van der Waals surface area (Å²) >= 11 is 0. The van der Waals surface area contributed by atoms with Crippen LogP contribution in [-0.2, 0) is 4.79 Å². The molecule has 4 aliphatic carbocycles. The van der Waals surface area contributed by atoms with Crippen molar-refractivity contribution in [1.29, 1.82) is 0 Å². The number of fused-ring (bicyclic) bond motifs is 5. The van der Waals surface area contributed by atoms with E-state index >= 15 is 0 Å². The van der Waals surface area contributed by atoms with Gasteiger partial charge in [0.05, 0.1) is 6.10 Å². The summed E-state index contributed by atoms with van der Waals surface area (Å²) in [5.41, 5.74) is 5.92. The molecule has 4 fully saturated rings. The van der Waals surface area contributed by atoms with Crippen molar-refractivity contribution in [1.82, 2.24) is 0 Å². The van der Waals surface area contributed by atoms with Gasteiger partial charge in [0, 0.05) is 6.42 Å². The second-order valence-corrected chi connectivity index (χ2v) is 11.2. The first-order valence-electron chi connectivity index (χ1n) is 11.7. The van der Waals surface area contributed by atoms with Gasteiger partial charge in [-0.15, -0.1) is 0 Å². The van der Waals surface area contributed by atoms with E-state index in [1.54, 1.807) is 0 Å². The number of aliphatic hydroxyl groups excluding tert-OH is 1. The monoisotopic (exact) mass is 375 g/mol. The molecule has 0 bridgehead atoms. The van der Waals surface area contributed by atoms with E-state index < -0.39 is 0 Å². The third kappa shape index (κ3) is 2.98. The molecule has 4 rings (SSSR count). The van der Waals surface area contributed by atoms with Crippen LogP contribution in [0.4, 0.5) is 0 Å². The van der Waals surface area contributed by atoms with Gasteiger partial charge >= 0.3 is 0 Å². The molecule has 4 aliphatic rings. The van der Waals surface area contributed by atoms with Crippen LogP contribution in [0, 0.1) is 46.3 Å². The molecule has 1 unspecified atom stereocenters. The Labute approximate surface area is 165 Å². The van der Waals surface area contributed by atoms with Gasteiger partial charge in [0.25, 0.3) is 0 Å². The van der Waals surface area contributed by atoms with Crippen LogP contribution in [-0.4, -0.2) is 17.1 Å². The minimum atomic E-state index is -0.186. The molecule has 154 valence electrons. The maximum Gasteiger partial charge on any atom is 0.217 e. The fraction of sp³-hybridized carbons (Fsp3) is 0.958. The predicted molar refractivity (Wildman–Crippen MR) is 109 cm³/mol. The van der Waals surface area contributed by atoms with Crippen LogP contribution in [0.2, 0.25) is 0 Å². The lowest BCUT2D eigenvalue weighted by molar-refractivity contribution is -0.168. The first kappa shape index (κ1) is 19.7. The van der Waals surface area contributed by atoms with Crippen molar-refractivity contribution in [3.8, 4) is 0 Å². The summed E-state index contributed by atoms with van der Waals surface area (Å²) in [6.07, 6.45) is 13.1. The highest BCUT2D eigenvalue weighted by atomic mass is 16.3. The topological polar surface area (TPSA) is 63.3 Å². The van der Waals surface area contributed by atoms with Crippen molar-refractivity contribution < 1.29 is 9.90 Å². The van der Waals surface area contributed by atoms with Gasteiger partial charge in [-0.3, -0.25) is 4.79 Å². The molecule has 0 aromatic heterocycles. The number of carbonyl (C=O) groups excluding carboxylic acids is 1. The first-order chi connectivity index (χ1) is 12.8. The molecule has 0 saturated heterocycles. The second-order valence-electron chi connectivity index (χ2n) is 11.2. The van der Waals surface area contributed by atoms with E-state index in [0.29, 0.717) is 29.6 Å². The zero-order valence-electron chi connectivity index (χ0n) is 17.8. The van der Waals surface area contributed by atoms with Gasteiger partial charge in [-0.25, -0.2) is 0 Å². The number of hydrogen-bond donors (Lipinski definition) is 2. The average molecular weight is 376 g/mol. The van der Waals surface area contributed by atoms with Gasteiger partial charge in [0.1, 0.15) is 0 Å². The van der Waals surface area contributed by atoms with Crippen molar-refractivity contribution in [3.05, 3.63) is 0 Å². The molecule has 27 heavy (non-hydrogen) atoms. The highest BCUT2D eigenvalue weighted by molar-refractivity contribution is 5.73. The van der Waals surface area contributed by atoms with Gasteiger partial charge in [-0.1, -0.05) is 33.6 Å². The first-order valence-corrected chi connectivity index (χ1v) is 11.7. The SMILES string of the molecule is C[C@H](CCC(N)=O)[C@@H]1CC[C@H]2[C@@H]3CC[C@@H]4CCCC[C@]4(C)[C@H]3CC(O)[C@@]21C. The zero-order chi connectivity index (χ0) is 19.4. The molecule has 1 amide bonds. The van der Waals surface area contributed by atoms with Crippen LogP contribution >= 0.6 is 0 Å². The summed E-state index contributed by atoms with van der Waals surface area (Å²) in [7, 11) is 0. The molecular weight excluding hydrogens is 334 g/mol. The van der Waals surface area contributed by atoms with E-state index in [9.17, 15) is 9.90 Å². The summed E-state index contributed by atoms with van der Waals surface area (Å²) in [6, 6.07) is 0. The molecule has 3 nitrogen and oxygen atoms in total. The highest BCUT2D eigenvalue weighted by Crippen LogP contribution is 2.68. The molecule has 0 heterocycles. The van der Waals surface area contributed by atoms with Crippen LogP contribution in [0.5, 0.6) is 0 Å². The van der Waals surface area contributed by atoms with Crippen LogP contribution in [0.3, 0.4) is 0 Å². The zero-order valence-corrected chi connectivity index (χ0v) is 17.8.